The van der Waals surface area contributed by atoms with Crippen LogP contribution in [0.5, 0.6) is 0 Å². The first-order valence-corrected chi connectivity index (χ1v) is 11.2. The fraction of sp³-hybridized carbons (Fsp3) is 0.286. The summed E-state index contributed by atoms with van der Waals surface area (Å²) in [5.41, 5.74) is 6.54. The number of amides is 2. The van der Waals surface area contributed by atoms with E-state index < -0.39 is 21.8 Å². The summed E-state index contributed by atoms with van der Waals surface area (Å²) < 4.78 is 40.5. The van der Waals surface area contributed by atoms with E-state index in [0.29, 0.717) is 23.3 Å². The number of halogens is 1. The number of aromatic nitrogens is 2. The van der Waals surface area contributed by atoms with Crippen molar-refractivity contribution in [1.29, 1.82) is 0 Å². The van der Waals surface area contributed by atoms with Crippen LogP contribution >= 0.6 is 0 Å². The Bertz CT molecular complexity index is 1250. The summed E-state index contributed by atoms with van der Waals surface area (Å²) in [6.07, 6.45) is 0.362. The normalized spacial score (nSPS) is 11.7. The number of rotatable bonds is 7. The van der Waals surface area contributed by atoms with Crippen LogP contribution in [0.3, 0.4) is 0 Å². The Hall–Kier alpha value is -3.31. The summed E-state index contributed by atoms with van der Waals surface area (Å²) in [6.45, 7) is 0. The van der Waals surface area contributed by atoms with Gasteiger partial charge < -0.3 is 4.57 Å². The highest BCUT2D eigenvalue weighted by atomic mass is 32.2. The maximum Gasteiger partial charge on any atom is 0.242 e. The molecular weight excluding hydrogens is 437 g/mol. The molecule has 3 rings (SSSR count). The predicted molar refractivity (Wildman–Crippen MR) is 116 cm³/mol. The molecular formula is C21H24FN5O4S. The Morgan fingerprint density at radius 1 is 1.06 bits per heavy atom. The van der Waals surface area contributed by atoms with Crippen molar-refractivity contribution < 1.29 is 22.4 Å². The third-order valence-electron chi connectivity index (χ3n) is 4.92. The van der Waals surface area contributed by atoms with E-state index in [4.69, 9.17) is 0 Å². The average Bonchev–Trinajstić information content (AvgIpc) is 3.07. The van der Waals surface area contributed by atoms with Gasteiger partial charge in [0, 0.05) is 34.0 Å². The van der Waals surface area contributed by atoms with E-state index in [2.05, 4.69) is 15.8 Å². The van der Waals surface area contributed by atoms with E-state index in [1.165, 1.54) is 50.5 Å². The van der Waals surface area contributed by atoms with Crippen molar-refractivity contribution in [3.8, 4) is 0 Å². The summed E-state index contributed by atoms with van der Waals surface area (Å²) in [5, 5.41) is 0. The molecule has 0 radical (unpaired) electrons. The van der Waals surface area contributed by atoms with Gasteiger partial charge in [-0.1, -0.05) is 12.1 Å². The first-order chi connectivity index (χ1) is 15.1. The van der Waals surface area contributed by atoms with Crippen molar-refractivity contribution in [1.82, 2.24) is 24.7 Å². The molecule has 0 atom stereocenters. The molecule has 0 unspecified atom stereocenters. The lowest BCUT2D eigenvalue weighted by Gasteiger charge is -2.10. The largest absolute Gasteiger partial charge is 0.331 e. The number of fused-ring (bicyclic) bond motifs is 1. The van der Waals surface area contributed by atoms with E-state index in [1.54, 1.807) is 17.7 Å². The zero-order valence-corrected chi connectivity index (χ0v) is 18.7. The smallest absolute Gasteiger partial charge is 0.242 e. The maximum atomic E-state index is 12.9. The standard InChI is InChI=1S/C21H24FN5O4S/c1-26(2)32(30,31)16-8-9-18-17(13-16)23-19(27(18)3)10-11-20(28)24-25-21(29)12-14-4-6-15(22)7-5-14/h4-9,13H,10-12H2,1-3H3,(H,24,28)(H,25,29). The van der Waals surface area contributed by atoms with E-state index in [9.17, 15) is 22.4 Å². The van der Waals surface area contributed by atoms with Gasteiger partial charge >= 0.3 is 0 Å². The van der Waals surface area contributed by atoms with Crippen LogP contribution in [-0.2, 0) is 39.5 Å². The van der Waals surface area contributed by atoms with Crippen molar-refractivity contribution in [3.63, 3.8) is 0 Å². The van der Waals surface area contributed by atoms with Gasteiger partial charge in [0.05, 0.1) is 22.3 Å². The average molecular weight is 462 g/mol. The van der Waals surface area contributed by atoms with Crippen LogP contribution < -0.4 is 10.9 Å². The molecule has 0 fully saturated rings. The molecule has 170 valence electrons. The number of sulfonamides is 1. The number of hydrazine groups is 1. The number of nitrogens with one attached hydrogen (secondary N) is 2. The Kier molecular flexibility index (Phi) is 6.90. The third kappa shape index (κ3) is 5.29. The molecule has 1 aromatic heterocycles. The van der Waals surface area contributed by atoms with Crippen molar-refractivity contribution in [2.45, 2.75) is 24.2 Å². The monoisotopic (exact) mass is 461 g/mol. The number of aryl methyl sites for hydroxylation is 2. The molecule has 2 N–H and O–H groups in total. The molecule has 0 aliphatic carbocycles. The van der Waals surface area contributed by atoms with Gasteiger partial charge in [0.15, 0.2) is 0 Å². The zero-order chi connectivity index (χ0) is 23.5. The van der Waals surface area contributed by atoms with Crippen molar-refractivity contribution in [3.05, 3.63) is 59.7 Å². The van der Waals surface area contributed by atoms with Gasteiger partial charge in [-0.3, -0.25) is 20.4 Å². The molecule has 32 heavy (non-hydrogen) atoms. The second-order valence-electron chi connectivity index (χ2n) is 7.42. The SMILES string of the molecule is CN(C)S(=O)(=O)c1ccc2c(c1)nc(CCC(=O)NNC(=O)Cc1ccc(F)cc1)n2C. The number of imidazole rings is 1. The Balaban J connectivity index is 1.58. The van der Waals surface area contributed by atoms with Gasteiger partial charge in [-0.2, -0.15) is 0 Å². The first-order valence-electron chi connectivity index (χ1n) is 9.78. The molecule has 2 aromatic carbocycles. The van der Waals surface area contributed by atoms with Crippen LogP contribution in [0.25, 0.3) is 11.0 Å². The second-order valence-corrected chi connectivity index (χ2v) is 9.58. The van der Waals surface area contributed by atoms with Gasteiger partial charge in [-0.15, -0.1) is 0 Å². The van der Waals surface area contributed by atoms with Crippen LogP contribution in [0.15, 0.2) is 47.4 Å². The molecule has 0 saturated carbocycles. The molecule has 0 aliphatic heterocycles. The Labute approximate surface area is 185 Å². The fourth-order valence-corrected chi connectivity index (χ4v) is 4.01. The molecule has 11 heteroatoms. The van der Waals surface area contributed by atoms with Crippen molar-refractivity contribution >= 4 is 32.9 Å². The van der Waals surface area contributed by atoms with Gasteiger partial charge in [0.2, 0.25) is 21.8 Å². The van der Waals surface area contributed by atoms with E-state index >= 15 is 0 Å². The summed E-state index contributed by atoms with van der Waals surface area (Å²) in [4.78, 5) is 28.6. The van der Waals surface area contributed by atoms with Gasteiger partial charge in [-0.05, 0) is 35.9 Å². The molecule has 0 spiro atoms. The Morgan fingerprint density at radius 2 is 1.72 bits per heavy atom. The molecule has 0 saturated heterocycles. The molecule has 3 aromatic rings. The number of carbonyl (C=O) groups excluding carboxylic acids is 2. The number of carbonyl (C=O) groups is 2. The highest BCUT2D eigenvalue weighted by molar-refractivity contribution is 7.89. The molecule has 2 amide bonds. The fourth-order valence-electron chi connectivity index (χ4n) is 3.08. The molecule has 1 heterocycles. The minimum absolute atomic E-state index is 0.00348. The number of nitrogens with zero attached hydrogens (tertiary/aromatic N) is 3. The summed E-state index contributed by atoms with van der Waals surface area (Å²) in [6, 6.07) is 10.2. The Morgan fingerprint density at radius 3 is 2.38 bits per heavy atom. The van der Waals surface area contributed by atoms with Crippen LogP contribution in [0, 0.1) is 5.82 Å². The topological polar surface area (TPSA) is 113 Å². The lowest BCUT2D eigenvalue weighted by Crippen LogP contribution is -2.42. The molecule has 0 aliphatic rings. The van der Waals surface area contributed by atoms with E-state index in [-0.39, 0.29) is 23.6 Å². The maximum absolute atomic E-state index is 12.9. The zero-order valence-electron chi connectivity index (χ0n) is 17.9. The number of benzene rings is 2. The lowest BCUT2D eigenvalue weighted by molar-refractivity contribution is -0.128. The summed E-state index contributed by atoms with van der Waals surface area (Å²) in [5.74, 6) is -0.616. The first kappa shape index (κ1) is 23.4. The second kappa shape index (κ2) is 9.45. The van der Waals surface area contributed by atoms with Gasteiger partial charge in [-0.25, -0.2) is 22.1 Å². The highest BCUT2D eigenvalue weighted by Gasteiger charge is 2.19. The summed E-state index contributed by atoms with van der Waals surface area (Å²) in [7, 11) is 1.13. The van der Waals surface area contributed by atoms with Gasteiger partial charge in [0.25, 0.3) is 0 Å². The van der Waals surface area contributed by atoms with E-state index in [1.807, 2.05) is 0 Å². The highest BCUT2D eigenvalue weighted by Crippen LogP contribution is 2.21. The molecule has 9 nitrogen and oxygen atoms in total. The van der Waals surface area contributed by atoms with Crippen LogP contribution in [0.4, 0.5) is 4.39 Å². The quantitative estimate of drug-likeness (QED) is 0.515. The van der Waals surface area contributed by atoms with Crippen LogP contribution in [0.2, 0.25) is 0 Å². The van der Waals surface area contributed by atoms with Gasteiger partial charge in [0.1, 0.15) is 11.6 Å². The summed E-state index contributed by atoms with van der Waals surface area (Å²) >= 11 is 0. The number of hydrogen-bond acceptors (Lipinski definition) is 5. The van der Waals surface area contributed by atoms with Crippen molar-refractivity contribution in [2.75, 3.05) is 14.1 Å². The van der Waals surface area contributed by atoms with Crippen LogP contribution in [0.1, 0.15) is 17.8 Å². The van der Waals surface area contributed by atoms with Crippen molar-refractivity contribution in [2.24, 2.45) is 7.05 Å². The number of hydrogen-bond donors (Lipinski definition) is 2. The minimum Gasteiger partial charge on any atom is -0.331 e. The predicted octanol–water partition coefficient (Wildman–Crippen LogP) is 1.29. The molecule has 0 bridgehead atoms. The third-order valence-corrected chi connectivity index (χ3v) is 6.73. The van der Waals surface area contributed by atoms with Crippen LogP contribution in [-0.4, -0.2) is 48.2 Å². The lowest BCUT2D eigenvalue weighted by atomic mass is 10.1. The minimum atomic E-state index is -3.58. The van der Waals surface area contributed by atoms with E-state index in [0.717, 1.165) is 9.82 Å².